The van der Waals surface area contributed by atoms with Crippen LogP contribution >= 0.6 is 23.5 Å². The van der Waals surface area contributed by atoms with Gasteiger partial charge in [0.25, 0.3) is 0 Å². The number of ether oxygens (including phenoxy) is 1. The van der Waals surface area contributed by atoms with Gasteiger partial charge < -0.3 is 64.7 Å². The number of nitrogens with two attached hydrogens (primary N) is 1. The molecule has 0 aromatic carbocycles. The van der Waals surface area contributed by atoms with Crippen LogP contribution in [-0.4, -0.2) is 86.9 Å². The van der Waals surface area contributed by atoms with E-state index in [4.69, 9.17) is 68.2 Å². The smallest absolute Gasteiger partial charge is 0.386 e. The predicted molar refractivity (Wildman–Crippen MR) is 110 cm³/mol. The minimum Gasteiger partial charge on any atom is -0.386 e. The molecule has 1 fully saturated rings. The zero-order valence-electron chi connectivity index (χ0n) is 17.5. The minimum absolute atomic E-state index is 0.0574. The second-order valence-corrected chi connectivity index (χ2v) is 9.61. The lowest BCUT2D eigenvalue weighted by molar-refractivity contribution is -0.180. The number of aliphatic hydroxyl groups is 2. The highest BCUT2D eigenvalue weighted by Crippen LogP contribution is 2.45. The molecule has 20 nitrogen and oxygen atoms in total. The average Bonchev–Trinajstić information content (AvgIpc) is 3.13. The molecule has 0 bridgehead atoms. The molecule has 1 aliphatic rings. The molecule has 13 N–H and O–H groups in total. The van der Waals surface area contributed by atoms with Gasteiger partial charge in [-0.05, 0) is 19.1 Å². The van der Waals surface area contributed by atoms with E-state index in [0.29, 0.717) is 5.52 Å². The second kappa shape index (κ2) is 12.1. The number of rotatable bonds is 1. The third-order valence-corrected chi connectivity index (χ3v) is 3.63. The number of alkyl halides is 1. The summed E-state index contributed by atoms with van der Waals surface area (Å²) in [5.41, 5.74) is 4.02. The number of anilines is 1. The Morgan fingerprint density at radius 1 is 1.00 bits per heavy atom. The van der Waals surface area contributed by atoms with Gasteiger partial charge >= 0.3 is 23.5 Å². The summed E-state index contributed by atoms with van der Waals surface area (Å²) >= 11 is 0. The van der Waals surface area contributed by atoms with Gasteiger partial charge in [-0.15, -0.1) is 0 Å². The Morgan fingerprint density at radius 3 is 1.75 bits per heavy atom. The summed E-state index contributed by atoms with van der Waals surface area (Å²) in [6.45, 7) is 0.944. The number of nitriles is 1. The van der Waals surface area contributed by atoms with Crippen LogP contribution in [0.2, 0.25) is 0 Å². The summed E-state index contributed by atoms with van der Waals surface area (Å²) in [6, 6.07) is 4.66. The molecule has 1 saturated heterocycles. The van der Waals surface area contributed by atoms with Crippen LogP contribution in [0.1, 0.15) is 12.6 Å². The van der Waals surface area contributed by atoms with Crippen molar-refractivity contribution in [3.8, 4) is 6.07 Å². The molecule has 0 saturated carbocycles. The van der Waals surface area contributed by atoms with Crippen molar-refractivity contribution in [2.24, 2.45) is 0 Å². The quantitative estimate of drug-likeness (QED) is 0.145. The maximum absolute atomic E-state index is 14.2. The fraction of sp³-hybridized carbons (Fsp3) is 0.417. The minimum atomic E-state index is -4.64. The van der Waals surface area contributed by atoms with Gasteiger partial charge in [0.15, 0.2) is 5.82 Å². The molecular weight excluding hydrogens is 566 g/mol. The SMILES string of the molecule is C[C@@]1(F)O[C@@](C#N)(c2ccc3c(N)ncnn23)[C@H](O)[C@@H]1O.O=P(O)(O)O.O=P(O)(O)O.O=P(O)(O)O. The molecule has 0 aliphatic carbocycles. The summed E-state index contributed by atoms with van der Waals surface area (Å²) in [5.74, 6) is -2.42. The van der Waals surface area contributed by atoms with E-state index >= 15 is 0 Å². The normalized spacial score (nSPS) is 25.9. The molecule has 0 amide bonds. The van der Waals surface area contributed by atoms with Crippen LogP contribution in [0.3, 0.4) is 0 Å². The van der Waals surface area contributed by atoms with E-state index in [0.717, 1.165) is 13.3 Å². The van der Waals surface area contributed by atoms with Crippen LogP contribution in [0.15, 0.2) is 18.5 Å². The molecule has 0 spiro atoms. The van der Waals surface area contributed by atoms with Gasteiger partial charge in [-0.3, -0.25) is 0 Å². The largest absolute Gasteiger partial charge is 0.466 e. The Balaban J connectivity index is 0.000000672. The van der Waals surface area contributed by atoms with E-state index in [1.807, 2.05) is 0 Å². The zero-order valence-corrected chi connectivity index (χ0v) is 20.2. The molecule has 36 heavy (non-hydrogen) atoms. The Hall–Kier alpha value is -1.95. The predicted octanol–water partition coefficient (Wildman–Crippen LogP) is -3.32. The van der Waals surface area contributed by atoms with E-state index in [1.54, 1.807) is 6.07 Å². The molecule has 1 aliphatic heterocycles. The molecule has 4 atom stereocenters. The topological polar surface area (TPSA) is 363 Å². The van der Waals surface area contributed by atoms with Crippen molar-refractivity contribution < 1.29 is 77.1 Å². The summed E-state index contributed by atoms with van der Waals surface area (Å²) in [7, 11) is -13.9. The fourth-order valence-electron chi connectivity index (χ4n) is 2.52. The number of nitrogen functional groups attached to an aromatic ring is 1. The van der Waals surface area contributed by atoms with Gasteiger partial charge in [0.05, 0.1) is 5.69 Å². The molecule has 206 valence electrons. The first kappa shape index (κ1) is 34.0. The first-order valence-corrected chi connectivity index (χ1v) is 13.1. The van der Waals surface area contributed by atoms with Gasteiger partial charge in [0.1, 0.15) is 30.1 Å². The van der Waals surface area contributed by atoms with Crippen molar-refractivity contribution in [1.29, 1.82) is 5.26 Å². The van der Waals surface area contributed by atoms with Crippen molar-refractivity contribution in [3.63, 3.8) is 0 Å². The van der Waals surface area contributed by atoms with E-state index in [2.05, 4.69) is 10.1 Å². The summed E-state index contributed by atoms with van der Waals surface area (Å²) in [5, 5.41) is 33.2. The molecule has 2 aromatic heterocycles. The number of phosphoric acid groups is 3. The lowest BCUT2D eigenvalue weighted by Crippen LogP contribution is -2.41. The van der Waals surface area contributed by atoms with Gasteiger partial charge in [0.2, 0.25) is 11.5 Å². The number of hydrogen-bond donors (Lipinski definition) is 12. The highest BCUT2D eigenvalue weighted by molar-refractivity contribution is 7.45. The van der Waals surface area contributed by atoms with Gasteiger partial charge in [-0.1, -0.05) is 0 Å². The Kier molecular flexibility index (Phi) is 11.4. The second-order valence-electron chi connectivity index (χ2n) is 6.53. The lowest BCUT2D eigenvalue weighted by Gasteiger charge is -2.24. The highest BCUT2D eigenvalue weighted by Gasteiger charge is 2.63. The van der Waals surface area contributed by atoms with E-state index in [9.17, 15) is 19.9 Å². The van der Waals surface area contributed by atoms with Crippen LogP contribution < -0.4 is 5.73 Å². The van der Waals surface area contributed by atoms with E-state index < -0.39 is 47.1 Å². The van der Waals surface area contributed by atoms with Crippen LogP contribution in [0.5, 0.6) is 0 Å². The fourth-order valence-corrected chi connectivity index (χ4v) is 2.52. The van der Waals surface area contributed by atoms with Crippen molar-refractivity contribution in [3.05, 3.63) is 24.2 Å². The van der Waals surface area contributed by atoms with E-state index in [-0.39, 0.29) is 11.5 Å². The summed E-state index contributed by atoms with van der Waals surface area (Å²) < 4.78 is 47.1. The molecule has 3 heterocycles. The Bertz CT molecular complexity index is 1150. The number of fused-ring (bicyclic) bond motifs is 1. The van der Waals surface area contributed by atoms with Crippen LogP contribution in [0.4, 0.5) is 10.2 Å². The van der Waals surface area contributed by atoms with Crippen molar-refractivity contribution in [1.82, 2.24) is 14.6 Å². The molecular formula is C12H21FN5O15P3. The first-order valence-electron chi connectivity index (χ1n) is 8.43. The molecule has 24 heteroatoms. The van der Waals surface area contributed by atoms with Gasteiger partial charge in [-0.25, -0.2) is 27.6 Å². The number of hydrogen-bond acceptors (Lipinski definition) is 10. The maximum atomic E-state index is 14.2. The molecule has 2 aromatic rings. The summed E-state index contributed by atoms with van der Waals surface area (Å²) in [4.78, 5) is 68.5. The monoisotopic (exact) mass is 587 g/mol. The number of aromatic nitrogens is 3. The zero-order chi connectivity index (χ0) is 28.9. The van der Waals surface area contributed by atoms with Crippen molar-refractivity contribution in [2.75, 3.05) is 5.73 Å². The van der Waals surface area contributed by atoms with Gasteiger partial charge in [0, 0.05) is 0 Å². The van der Waals surface area contributed by atoms with Crippen LogP contribution in [-0.2, 0) is 24.0 Å². The first-order chi connectivity index (χ1) is 15.8. The number of halogens is 1. The van der Waals surface area contributed by atoms with Gasteiger partial charge in [-0.2, -0.15) is 10.4 Å². The number of aliphatic hydroxyl groups excluding tert-OH is 2. The molecule has 0 unspecified atom stereocenters. The Labute approximate surface area is 199 Å². The lowest BCUT2D eigenvalue weighted by atomic mass is 9.92. The van der Waals surface area contributed by atoms with Crippen molar-refractivity contribution >= 4 is 34.8 Å². The third-order valence-electron chi connectivity index (χ3n) is 3.63. The Morgan fingerprint density at radius 2 is 1.42 bits per heavy atom. The molecule has 3 rings (SSSR count). The third kappa shape index (κ3) is 11.4. The van der Waals surface area contributed by atoms with Crippen molar-refractivity contribution in [2.45, 2.75) is 30.6 Å². The average molecular weight is 587 g/mol. The highest BCUT2D eigenvalue weighted by atomic mass is 31.2. The standard InChI is InChI=1S/C12H12FN5O3.3H3O4P/c1-11(13)8(19)9(20)12(4-14,21-11)7-3-2-6-10(15)16-5-17-18(6)7;3*1-5(2,3)4/h2-3,5,8-9,19-20H,1H3,(H2,15,16,17);3*(H3,1,2,3,4)/t8-,9+,11+,12-;;;/m0.../s1. The summed E-state index contributed by atoms with van der Waals surface area (Å²) in [6.07, 6.45) is -2.50. The van der Waals surface area contributed by atoms with Crippen LogP contribution in [0, 0.1) is 11.3 Å². The number of nitrogens with zero attached hydrogens (tertiary/aromatic N) is 4. The van der Waals surface area contributed by atoms with Crippen LogP contribution in [0.25, 0.3) is 5.52 Å². The molecule has 0 radical (unpaired) electrons. The maximum Gasteiger partial charge on any atom is 0.466 e. The van der Waals surface area contributed by atoms with E-state index in [1.165, 1.54) is 16.6 Å².